The summed E-state index contributed by atoms with van der Waals surface area (Å²) >= 11 is 14.4. The van der Waals surface area contributed by atoms with Crippen molar-refractivity contribution < 1.29 is 28.9 Å². The molecule has 0 unspecified atom stereocenters. The summed E-state index contributed by atoms with van der Waals surface area (Å²) in [7, 11) is 7.21. The van der Waals surface area contributed by atoms with Crippen molar-refractivity contribution in [2.24, 2.45) is 7.05 Å². The fourth-order valence-corrected chi connectivity index (χ4v) is 8.61. The molecule has 50 heavy (non-hydrogen) atoms. The Kier molecular flexibility index (Phi) is 7.71. The molecule has 4 heterocycles. The fraction of sp³-hybridized carbons (Fsp3) is 0.394. The number of methoxy groups -OCH3 is 3. The summed E-state index contributed by atoms with van der Waals surface area (Å²) in [6.07, 6.45) is 1.36. The smallest absolute Gasteiger partial charge is 0.347 e. The molecule has 1 saturated carbocycles. The van der Waals surface area contributed by atoms with Crippen LogP contribution in [0.1, 0.15) is 29.6 Å². The summed E-state index contributed by atoms with van der Waals surface area (Å²) in [5.74, 6) is -1.68. The summed E-state index contributed by atoms with van der Waals surface area (Å²) in [6.45, 7) is -0.254. The molecule has 2 amide bonds. The van der Waals surface area contributed by atoms with Gasteiger partial charge in [0.25, 0.3) is 17.4 Å². The van der Waals surface area contributed by atoms with Gasteiger partial charge in [0.05, 0.1) is 44.9 Å². The highest BCUT2D eigenvalue weighted by atomic mass is 35.5. The number of benzene rings is 2. The highest BCUT2D eigenvalue weighted by molar-refractivity contribution is 6.53. The number of carbonyl (C=O) groups is 2. The van der Waals surface area contributed by atoms with E-state index in [2.05, 4.69) is 4.98 Å². The lowest BCUT2D eigenvalue weighted by atomic mass is 9.64. The summed E-state index contributed by atoms with van der Waals surface area (Å²) in [5, 5.41) is 10.2. The second-order valence-electron chi connectivity index (χ2n) is 12.5. The van der Waals surface area contributed by atoms with Crippen LogP contribution in [0.2, 0.25) is 0 Å². The number of alkyl halides is 2. The zero-order valence-corrected chi connectivity index (χ0v) is 29.1. The molecule has 2 aliphatic heterocycles. The van der Waals surface area contributed by atoms with Gasteiger partial charge in [0.15, 0.2) is 21.2 Å². The number of aromatic nitrogens is 5. The number of aryl methyl sites for hydroxylation is 2. The summed E-state index contributed by atoms with van der Waals surface area (Å²) < 4.78 is 21.2. The maximum atomic E-state index is 14.2. The van der Waals surface area contributed by atoms with Gasteiger partial charge in [-0.05, 0) is 11.6 Å². The van der Waals surface area contributed by atoms with Crippen LogP contribution in [0.25, 0.3) is 11.0 Å². The molecule has 1 aliphatic carbocycles. The highest BCUT2D eigenvalue weighted by Crippen LogP contribution is 2.64. The van der Waals surface area contributed by atoms with E-state index in [4.69, 9.17) is 37.4 Å². The van der Waals surface area contributed by atoms with Gasteiger partial charge in [-0.3, -0.25) is 19.3 Å². The van der Waals surface area contributed by atoms with Crippen LogP contribution < -0.4 is 31.1 Å². The number of rotatable bonds is 7. The zero-order valence-electron chi connectivity index (χ0n) is 27.6. The first-order valence-electron chi connectivity index (χ1n) is 15.5. The number of ether oxygens (including phenoxy) is 3. The fourth-order valence-electron chi connectivity index (χ4n) is 7.62. The quantitative estimate of drug-likeness (QED) is 0.168. The van der Waals surface area contributed by atoms with Gasteiger partial charge in [-0.15, -0.1) is 23.2 Å². The van der Waals surface area contributed by atoms with Crippen molar-refractivity contribution in [3.63, 3.8) is 0 Å². The van der Waals surface area contributed by atoms with Crippen LogP contribution in [0.4, 0.5) is 0 Å². The summed E-state index contributed by atoms with van der Waals surface area (Å²) in [4.78, 5) is 70.1. The van der Waals surface area contributed by atoms with Crippen molar-refractivity contribution in [3.05, 3.63) is 84.6 Å². The number of fused-ring (bicyclic) bond motifs is 5. The number of nitrogens with zero attached hydrogens (tertiary/aromatic N) is 6. The monoisotopic (exact) mass is 726 g/mol. The lowest BCUT2D eigenvalue weighted by Gasteiger charge is -2.49. The molecule has 4 aromatic rings. The highest BCUT2D eigenvalue weighted by Gasteiger charge is 2.75. The molecule has 2 aromatic carbocycles. The van der Waals surface area contributed by atoms with Crippen LogP contribution in [0.5, 0.6) is 23.0 Å². The molecule has 2 fully saturated rings. The largest absolute Gasteiger partial charge is 0.508 e. The van der Waals surface area contributed by atoms with Crippen molar-refractivity contribution >= 4 is 46.0 Å². The van der Waals surface area contributed by atoms with Gasteiger partial charge < -0.3 is 23.9 Å². The lowest BCUT2D eigenvalue weighted by Crippen LogP contribution is -2.59. The van der Waals surface area contributed by atoms with Crippen LogP contribution in [-0.4, -0.2) is 83.4 Å². The average Bonchev–Trinajstić information content (AvgIpc) is 3.42. The van der Waals surface area contributed by atoms with E-state index < -0.39 is 50.5 Å². The van der Waals surface area contributed by atoms with Crippen LogP contribution >= 0.6 is 23.2 Å². The Hall–Kier alpha value is -5.02. The Morgan fingerprint density at radius 2 is 1.60 bits per heavy atom. The molecular weight excluding hydrogens is 695 g/mol. The maximum absolute atomic E-state index is 14.2. The summed E-state index contributed by atoms with van der Waals surface area (Å²) in [6, 6.07) is 6.56. The number of halogens is 2. The van der Waals surface area contributed by atoms with Crippen LogP contribution in [-0.2, 0) is 36.1 Å². The van der Waals surface area contributed by atoms with E-state index in [-0.39, 0.29) is 43.1 Å². The molecule has 2 aromatic heterocycles. The van der Waals surface area contributed by atoms with E-state index in [0.717, 1.165) is 9.47 Å². The zero-order chi connectivity index (χ0) is 36.0. The number of phenols is 1. The van der Waals surface area contributed by atoms with Crippen molar-refractivity contribution in [1.82, 2.24) is 28.4 Å². The average molecular weight is 728 g/mol. The number of likely N-dealkylation sites (tertiary alicyclic amines) is 1. The molecule has 0 spiro atoms. The van der Waals surface area contributed by atoms with Crippen molar-refractivity contribution in [1.29, 1.82) is 0 Å². The van der Waals surface area contributed by atoms with Crippen LogP contribution in [0, 0.1) is 0 Å². The standard InChI is InChI=1S/C33H32Cl2N6O9/c1-37-21-14-25(50-5)24(49-4)13-20(21)36-19(27(37)43)9-10-39-30(46)40-11-8-17-22(41(40)31(39)47)15-32(34)28(44)38(2)29(45)33(32,35)26(17)18-7-6-16(42)12-23(18)48-3/h6-8,12-14,22,26,42H,9-11,15H2,1-5H3/t22-,26-,32-,33+/m1/s1. The third-order valence-corrected chi connectivity index (χ3v) is 11.5. The first-order valence-corrected chi connectivity index (χ1v) is 16.3. The molecule has 0 bridgehead atoms. The van der Waals surface area contributed by atoms with Gasteiger partial charge >= 0.3 is 11.4 Å². The molecule has 1 saturated heterocycles. The molecule has 0 radical (unpaired) electrons. The van der Waals surface area contributed by atoms with E-state index in [1.54, 1.807) is 25.3 Å². The minimum atomic E-state index is -2.03. The second kappa shape index (κ2) is 11.5. The lowest BCUT2D eigenvalue weighted by molar-refractivity contribution is -0.137. The van der Waals surface area contributed by atoms with Gasteiger partial charge in [0.2, 0.25) is 0 Å². The van der Waals surface area contributed by atoms with Crippen LogP contribution in [0.15, 0.2) is 56.4 Å². The van der Waals surface area contributed by atoms with Crippen molar-refractivity contribution in [3.8, 4) is 23.0 Å². The first-order chi connectivity index (χ1) is 23.7. The number of phenolic OH excluding ortho intramolecular Hbond substituents is 1. The van der Waals surface area contributed by atoms with E-state index in [1.165, 1.54) is 60.5 Å². The predicted molar refractivity (Wildman–Crippen MR) is 181 cm³/mol. The van der Waals surface area contributed by atoms with Crippen molar-refractivity contribution in [2.75, 3.05) is 28.4 Å². The van der Waals surface area contributed by atoms with E-state index in [0.29, 0.717) is 33.7 Å². The number of hydrogen-bond acceptors (Lipinski definition) is 10. The Bertz CT molecular complexity index is 2360. The molecule has 1 N–H and O–H groups in total. The summed E-state index contributed by atoms with van der Waals surface area (Å²) in [5.41, 5.74) is 0.125. The normalized spacial score (nSPS) is 24.1. The number of imide groups is 1. The van der Waals surface area contributed by atoms with Gasteiger partial charge in [-0.25, -0.2) is 28.5 Å². The van der Waals surface area contributed by atoms with E-state index in [9.17, 15) is 29.1 Å². The number of aromatic hydroxyl groups is 1. The predicted octanol–water partition coefficient (Wildman–Crippen LogP) is 1.65. The maximum Gasteiger partial charge on any atom is 0.347 e. The number of allylic oxidation sites excluding steroid dienone is 2. The topological polar surface area (TPSA) is 169 Å². The van der Waals surface area contributed by atoms with E-state index in [1.807, 2.05) is 0 Å². The molecule has 7 rings (SSSR count). The minimum Gasteiger partial charge on any atom is -0.508 e. The Labute approximate surface area is 293 Å². The Balaban J connectivity index is 1.32. The molecular formula is C33H32Cl2N6O9. The minimum absolute atomic E-state index is 0.0591. The molecule has 3 aliphatic rings. The van der Waals surface area contributed by atoms with Gasteiger partial charge in [-0.1, -0.05) is 12.1 Å². The molecule has 4 atom stereocenters. The third kappa shape index (κ3) is 4.35. The molecule has 262 valence electrons. The van der Waals surface area contributed by atoms with Gasteiger partial charge in [-0.2, -0.15) is 0 Å². The number of hydrogen-bond donors (Lipinski definition) is 1. The third-order valence-electron chi connectivity index (χ3n) is 10.1. The first kappa shape index (κ1) is 33.5. The molecule has 17 heteroatoms. The Morgan fingerprint density at radius 3 is 2.28 bits per heavy atom. The second-order valence-corrected chi connectivity index (χ2v) is 13.7. The SMILES string of the molecule is COc1cc2nc(CCn3c(=O)n4n(c3=O)[C@@H]3C[C@@]5(Cl)C(=O)N(C)C(=O)[C@@]5(Cl)[C@@H](c5ccc(O)cc5OC)C3=CC4)c(=O)n(C)c2cc1OC. The molecule has 15 nitrogen and oxygen atoms in total. The van der Waals surface area contributed by atoms with Gasteiger partial charge in [0.1, 0.15) is 17.2 Å². The van der Waals surface area contributed by atoms with Crippen LogP contribution in [0.3, 0.4) is 0 Å². The van der Waals surface area contributed by atoms with Crippen molar-refractivity contribution in [2.45, 2.75) is 47.6 Å². The Morgan fingerprint density at radius 1 is 0.920 bits per heavy atom. The number of amides is 2. The number of carbonyl (C=O) groups excluding carboxylic acids is 2. The van der Waals surface area contributed by atoms with E-state index >= 15 is 0 Å². The van der Waals surface area contributed by atoms with Gasteiger partial charge in [0, 0.05) is 63.2 Å².